The highest BCUT2D eigenvalue weighted by Gasteiger charge is 2.17. The van der Waals surface area contributed by atoms with E-state index in [0.29, 0.717) is 13.1 Å². The first kappa shape index (κ1) is 12.8. The molecule has 0 bridgehead atoms. The lowest BCUT2D eigenvalue weighted by atomic mass is 10.2. The van der Waals surface area contributed by atoms with E-state index in [2.05, 4.69) is 0 Å². The highest BCUT2D eigenvalue weighted by molar-refractivity contribution is 7.09. The lowest BCUT2D eigenvalue weighted by molar-refractivity contribution is 0.0749. The summed E-state index contributed by atoms with van der Waals surface area (Å²) in [4.78, 5) is 15.0. The average Bonchev–Trinajstić information content (AvgIpc) is 2.88. The molecule has 0 aliphatic carbocycles. The van der Waals surface area contributed by atoms with Crippen LogP contribution in [0.4, 0.5) is 4.39 Å². The lowest BCUT2D eigenvalue weighted by Crippen LogP contribution is -2.30. The number of nitrogens with zero attached hydrogens (tertiary/aromatic N) is 1. The fourth-order valence-electron chi connectivity index (χ4n) is 1.72. The maximum Gasteiger partial charge on any atom is 0.257 e. The molecule has 0 aliphatic heterocycles. The van der Waals surface area contributed by atoms with Crippen molar-refractivity contribution in [3.63, 3.8) is 0 Å². The molecule has 18 heavy (non-hydrogen) atoms. The third-order valence-corrected chi connectivity index (χ3v) is 3.56. The number of benzene rings is 1. The van der Waals surface area contributed by atoms with Gasteiger partial charge in [0.1, 0.15) is 5.82 Å². The van der Waals surface area contributed by atoms with Crippen LogP contribution in [0.3, 0.4) is 0 Å². The van der Waals surface area contributed by atoms with Gasteiger partial charge in [0.2, 0.25) is 0 Å². The second kappa shape index (κ2) is 5.78. The summed E-state index contributed by atoms with van der Waals surface area (Å²) in [5.74, 6) is -0.726. The SMILES string of the molecule is CCN(Cc1cccs1)C(=O)c1ccccc1F. The summed E-state index contributed by atoms with van der Waals surface area (Å²) in [7, 11) is 0. The van der Waals surface area contributed by atoms with Crippen molar-refractivity contribution >= 4 is 17.2 Å². The van der Waals surface area contributed by atoms with E-state index >= 15 is 0 Å². The van der Waals surface area contributed by atoms with Crippen molar-refractivity contribution in [1.82, 2.24) is 4.90 Å². The molecule has 0 spiro atoms. The maximum atomic E-state index is 13.6. The maximum absolute atomic E-state index is 13.6. The van der Waals surface area contributed by atoms with Crippen LogP contribution in [0.1, 0.15) is 22.2 Å². The summed E-state index contributed by atoms with van der Waals surface area (Å²) in [6, 6.07) is 10.0. The van der Waals surface area contributed by atoms with Gasteiger partial charge in [-0.2, -0.15) is 0 Å². The summed E-state index contributed by atoms with van der Waals surface area (Å²) >= 11 is 1.60. The Morgan fingerprint density at radius 3 is 2.67 bits per heavy atom. The number of rotatable bonds is 4. The third-order valence-electron chi connectivity index (χ3n) is 2.70. The van der Waals surface area contributed by atoms with E-state index in [1.54, 1.807) is 28.4 Å². The molecular weight excluding hydrogens is 249 g/mol. The fraction of sp³-hybridized carbons (Fsp3) is 0.214. The molecule has 0 fully saturated rings. The van der Waals surface area contributed by atoms with E-state index < -0.39 is 5.82 Å². The van der Waals surface area contributed by atoms with Gasteiger partial charge in [-0.05, 0) is 30.5 Å². The van der Waals surface area contributed by atoms with Crippen LogP contribution in [0.15, 0.2) is 41.8 Å². The van der Waals surface area contributed by atoms with Crippen LogP contribution in [-0.4, -0.2) is 17.4 Å². The second-order valence-electron chi connectivity index (χ2n) is 3.88. The Bertz CT molecular complexity index is 524. The van der Waals surface area contributed by atoms with Crippen LogP contribution in [-0.2, 0) is 6.54 Å². The first-order valence-electron chi connectivity index (χ1n) is 5.78. The summed E-state index contributed by atoms with van der Waals surface area (Å²) < 4.78 is 13.6. The van der Waals surface area contributed by atoms with Crippen LogP contribution < -0.4 is 0 Å². The predicted octanol–water partition coefficient (Wildman–Crippen LogP) is 3.55. The van der Waals surface area contributed by atoms with Gasteiger partial charge in [-0.3, -0.25) is 4.79 Å². The van der Waals surface area contributed by atoms with Crippen LogP contribution in [0.2, 0.25) is 0 Å². The molecule has 1 aromatic heterocycles. The Kier molecular flexibility index (Phi) is 4.10. The van der Waals surface area contributed by atoms with Crippen molar-refractivity contribution in [3.05, 3.63) is 58.0 Å². The topological polar surface area (TPSA) is 20.3 Å². The number of amides is 1. The van der Waals surface area contributed by atoms with E-state index in [9.17, 15) is 9.18 Å². The summed E-state index contributed by atoms with van der Waals surface area (Å²) in [5.41, 5.74) is 0.135. The third kappa shape index (κ3) is 2.76. The molecule has 2 aromatic rings. The van der Waals surface area contributed by atoms with Gasteiger partial charge < -0.3 is 4.90 Å². The minimum atomic E-state index is -0.466. The van der Waals surface area contributed by atoms with Gasteiger partial charge in [0, 0.05) is 11.4 Å². The predicted molar refractivity (Wildman–Crippen MR) is 71.1 cm³/mol. The summed E-state index contributed by atoms with van der Waals surface area (Å²) in [6.45, 7) is 2.98. The highest BCUT2D eigenvalue weighted by atomic mass is 32.1. The van der Waals surface area contributed by atoms with Crippen LogP contribution in [0, 0.1) is 5.82 Å². The van der Waals surface area contributed by atoms with E-state index in [4.69, 9.17) is 0 Å². The molecular formula is C14H14FNOS. The van der Waals surface area contributed by atoms with E-state index in [1.165, 1.54) is 12.1 Å². The lowest BCUT2D eigenvalue weighted by Gasteiger charge is -2.20. The van der Waals surface area contributed by atoms with Crippen molar-refractivity contribution in [2.24, 2.45) is 0 Å². The molecule has 0 atom stereocenters. The largest absolute Gasteiger partial charge is 0.334 e. The van der Waals surface area contributed by atoms with Gasteiger partial charge in [0.25, 0.3) is 5.91 Å². The van der Waals surface area contributed by atoms with Crippen LogP contribution in [0.5, 0.6) is 0 Å². The first-order valence-corrected chi connectivity index (χ1v) is 6.66. The molecule has 1 aromatic carbocycles. The molecule has 0 saturated heterocycles. The summed E-state index contributed by atoms with van der Waals surface area (Å²) in [6.07, 6.45) is 0. The molecule has 0 aliphatic rings. The Hall–Kier alpha value is -1.68. The number of carbonyl (C=O) groups excluding carboxylic acids is 1. The minimum absolute atomic E-state index is 0.135. The molecule has 94 valence electrons. The van der Waals surface area contributed by atoms with Gasteiger partial charge >= 0.3 is 0 Å². The number of hydrogen-bond donors (Lipinski definition) is 0. The van der Waals surface area contributed by atoms with Crippen LogP contribution in [0.25, 0.3) is 0 Å². The molecule has 0 radical (unpaired) electrons. The molecule has 4 heteroatoms. The van der Waals surface area contributed by atoms with E-state index in [-0.39, 0.29) is 11.5 Å². The number of hydrogen-bond acceptors (Lipinski definition) is 2. The molecule has 0 saturated carbocycles. The standard InChI is InChI=1S/C14H14FNOS/c1-2-16(10-11-6-5-9-18-11)14(17)12-7-3-4-8-13(12)15/h3-9H,2,10H2,1H3. The number of halogens is 1. The summed E-state index contributed by atoms with van der Waals surface area (Å²) in [5, 5.41) is 1.97. The zero-order valence-corrected chi connectivity index (χ0v) is 10.9. The van der Waals surface area contributed by atoms with Crippen molar-refractivity contribution in [3.8, 4) is 0 Å². The first-order chi connectivity index (χ1) is 8.72. The number of carbonyl (C=O) groups is 1. The van der Waals surface area contributed by atoms with Gasteiger partial charge in [-0.25, -0.2) is 4.39 Å². The van der Waals surface area contributed by atoms with Crippen molar-refractivity contribution in [2.45, 2.75) is 13.5 Å². The second-order valence-corrected chi connectivity index (χ2v) is 4.91. The molecule has 2 rings (SSSR count). The highest BCUT2D eigenvalue weighted by Crippen LogP contribution is 2.15. The van der Waals surface area contributed by atoms with E-state index in [0.717, 1.165) is 4.88 Å². The number of thiophene rings is 1. The van der Waals surface area contributed by atoms with Crippen molar-refractivity contribution in [1.29, 1.82) is 0 Å². The van der Waals surface area contributed by atoms with Gasteiger partial charge in [0.15, 0.2) is 0 Å². The Morgan fingerprint density at radius 2 is 2.06 bits per heavy atom. The Balaban J connectivity index is 2.18. The van der Waals surface area contributed by atoms with Crippen molar-refractivity contribution < 1.29 is 9.18 Å². The zero-order valence-electron chi connectivity index (χ0n) is 10.1. The molecule has 0 unspecified atom stereocenters. The van der Waals surface area contributed by atoms with Gasteiger partial charge in [-0.15, -0.1) is 11.3 Å². The van der Waals surface area contributed by atoms with Gasteiger partial charge in [0.05, 0.1) is 12.1 Å². The van der Waals surface area contributed by atoms with Crippen molar-refractivity contribution in [2.75, 3.05) is 6.54 Å². The Morgan fingerprint density at radius 1 is 1.28 bits per heavy atom. The minimum Gasteiger partial charge on any atom is -0.334 e. The fourth-order valence-corrected chi connectivity index (χ4v) is 2.44. The molecule has 1 amide bonds. The quantitative estimate of drug-likeness (QED) is 0.826. The zero-order chi connectivity index (χ0) is 13.0. The normalized spacial score (nSPS) is 10.3. The molecule has 2 nitrogen and oxygen atoms in total. The Labute approximate surface area is 110 Å². The van der Waals surface area contributed by atoms with Gasteiger partial charge in [-0.1, -0.05) is 18.2 Å². The smallest absolute Gasteiger partial charge is 0.257 e. The monoisotopic (exact) mass is 263 g/mol. The molecule has 1 heterocycles. The van der Waals surface area contributed by atoms with Crippen LogP contribution >= 0.6 is 11.3 Å². The molecule has 0 N–H and O–H groups in total. The average molecular weight is 263 g/mol. The van der Waals surface area contributed by atoms with E-state index in [1.807, 2.05) is 24.4 Å².